The highest BCUT2D eigenvalue weighted by atomic mass is 32.2. The normalized spacial score (nSPS) is 16.1. The molecule has 0 atom stereocenters. The molecule has 0 heterocycles. The third kappa shape index (κ3) is 2.17. The first-order valence-corrected chi connectivity index (χ1v) is 4.68. The highest BCUT2D eigenvalue weighted by Gasteiger charge is 2.85. The lowest BCUT2D eigenvalue weighted by Crippen LogP contribution is -2.63. The van der Waals surface area contributed by atoms with Crippen LogP contribution in [0.2, 0.25) is 0 Å². The first-order chi connectivity index (χ1) is 7.00. The second kappa shape index (κ2) is 3.63. The number of rotatable bonds is 3. The van der Waals surface area contributed by atoms with Gasteiger partial charge < -0.3 is 0 Å². The largest absolute Gasteiger partial charge is 0.460 e. The van der Waals surface area contributed by atoms with Gasteiger partial charge in [-0.25, -0.2) is 8.42 Å². The Morgan fingerprint density at radius 2 is 1.00 bits per heavy atom. The monoisotopic (exact) mass is 298 g/mol. The van der Waals surface area contributed by atoms with E-state index in [4.69, 9.17) is 5.14 Å². The summed E-state index contributed by atoms with van der Waals surface area (Å²) in [5.41, 5.74) is 0. The number of sulfonamides is 1. The number of halogens is 9. The van der Waals surface area contributed by atoms with E-state index in [-0.39, 0.29) is 0 Å². The van der Waals surface area contributed by atoms with Gasteiger partial charge in [-0.2, -0.15) is 39.5 Å². The number of nitrogens with one attached hydrogen (secondary N) is 1. The first kappa shape index (κ1) is 16.3. The molecule has 103 valence electrons. The molecule has 13 heteroatoms. The Hall–Kier alpha value is -0.720. The summed E-state index contributed by atoms with van der Waals surface area (Å²) >= 11 is 0. The Morgan fingerprint density at radius 3 is 1.18 bits per heavy atom. The summed E-state index contributed by atoms with van der Waals surface area (Å²) in [5, 5.41) is -1.37. The number of alkyl halides is 9. The van der Waals surface area contributed by atoms with Crippen LogP contribution in [0, 0.1) is 0 Å². The summed E-state index contributed by atoms with van der Waals surface area (Å²) in [6, 6.07) is 0. The van der Waals surface area contributed by atoms with E-state index in [1.165, 1.54) is 0 Å². The van der Waals surface area contributed by atoms with Gasteiger partial charge in [0.2, 0.25) is 0 Å². The Balaban J connectivity index is 5.91. The van der Waals surface area contributed by atoms with Gasteiger partial charge in [0.1, 0.15) is 0 Å². The number of hydrogen-bond donors (Lipinski definition) is 0. The minimum atomic E-state index is -7.31. The van der Waals surface area contributed by atoms with Crippen LogP contribution in [-0.2, 0) is 10.0 Å². The second-order valence-electron chi connectivity index (χ2n) is 2.67. The summed E-state index contributed by atoms with van der Waals surface area (Å²) in [6.07, 6.45) is -7.11. The third-order valence-electron chi connectivity index (χ3n) is 1.45. The predicted octanol–water partition coefficient (Wildman–Crippen LogP) is 2.02. The van der Waals surface area contributed by atoms with Crippen LogP contribution in [0.3, 0.4) is 0 Å². The lowest BCUT2D eigenvalue weighted by atomic mass is 10.1. The van der Waals surface area contributed by atoms with Gasteiger partial charge in [-0.15, -0.1) is 5.14 Å². The van der Waals surface area contributed by atoms with E-state index >= 15 is 0 Å². The van der Waals surface area contributed by atoms with E-state index in [0.717, 1.165) is 0 Å². The molecule has 0 aliphatic heterocycles. The summed E-state index contributed by atoms with van der Waals surface area (Å²) in [7, 11) is -6.92. The summed E-state index contributed by atoms with van der Waals surface area (Å²) in [5.74, 6) is -14.6. The van der Waals surface area contributed by atoms with Crippen molar-refractivity contribution < 1.29 is 47.9 Å². The van der Waals surface area contributed by atoms with Crippen molar-refractivity contribution in [3.05, 3.63) is 0 Å². The van der Waals surface area contributed by atoms with Gasteiger partial charge in [0.25, 0.3) is 10.0 Å². The smallest absolute Gasteiger partial charge is 0.204 e. The lowest BCUT2D eigenvalue weighted by molar-refractivity contribution is -0.382. The molecule has 0 saturated carbocycles. The molecule has 0 fully saturated rings. The Kier molecular flexibility index (Phi) is 3.48. The molecule has 0 unspecified atom stereocenters. The van der Waals surface area contributed by atoms with E-state index in [9.17, 15) is 47.9 Å². The van der Waals surface area contributed by atoms with E-state index in [1.54, 1.807) is 0 Å². The van der Waals surface area contributed by atoms with Gasteiger partial charge in [0.05, 0.1) is 0 Å². The average Bonchev–Trinajstić information content (AvgIpc) is 1.98. The predicted molar refractivity (Wildman–Crippen MR) is 32.9 cm³/mol. The van der Waals surface area contributed by atoms with Crippen LogP contribution in [0.1, 0.15) is 0 Å². The molecule has 0 aromatic heterocycles. The van der Waals surface area contributed by atoms with Crippen molar-refractivity contribution in [2.75, 3.05) is 0 Å². The van der Waals surface area contributed by atoms with Gasteiger partial charge in [-0.05, 0) is 0 Å². The molecule has 0 aliphatic carbocycles. The lowest BCUT2D eigenvalue weighted by Gasteiger charge is -2.31. The molecule has 0 aliphatic rings. The minimum Gasteiger partial charge on any atom is -0.204 e. The molecule has 0 saturated heterocycles. The molecule has 0 rings (SSSR count). The molecule has 17 heavy (non-hydrogen) atoms. The fraction of sp³-hybridized carbons (Fsp3) is 1.00. The molecule has 0 aromatic carbocycles. The van der Waals surface area contributed by atoms with Crippen molar-refractivity contribution in [2.45, 2.75) is 23.3 Å². The van der Waals surface area contributed by atoms with E-state index < -0.39 is 33.3 Å². The van der Waals surface area contributed by atoms with Gasteiger partial charge >= 0.3 is 23.3 Å². The van der Waals surface area contributed by atoms with Gasteiger partial charge in [-0.3, -0.25) is 0 Å². The molecular formula is C4HF9NO2S. The van der Waals surface area contributed by atoms with Crippen molar-refractivity contribution in [3.63, 3.8) is 0 Å². The minimum absolute atomic E-state index is 5.52. The van der Waals surface area contributed by atoms with Crippen LogP contribution in [0.25, 0.3) is 0 Å². The Labute approximate surface area is 87.4 Å². The molecular weight excluding hydrogens is 297 g/mol. The highest BCUT2D eigenvalue weighted by Crippen LogP contribution is 2.54. The van der Waals surface area contributed by atoms with Crippen molar-refractivity contribution in [2.24, 2.45) is 0 Å². The van der Waals surface area contributed by atoms with Crippen LogP contribution < -0.4 is 5.14 Å². The summed E-state index contributed by atoms with van der Waals surface area (Å²) < 4.78 is 127. The maximum absolute atomic E-state index is 12.3. The van der Waals surface area contributed by atoms with Crippen LogP contribution in [0.5, 0.6) is 0 Å². The van der Waals surface area contributed by atoms with Crippen LogP contribution in [0.15, 0.2) is 0 Å². The molecule has 0 aromatic rings. The fourth-order valence-corrected chi connectivity index (χ4v) is 0.995. The summed E-state index contributed by atoms with van der Waals surface area (Å²) in [4.78, 5) is 0. The Morgan fingerprint density at radius 1 is 0.706 bits per heavy atom. The standard InChI is InChI=1S/C4HF9NO2S/c5-1(6,3(9,10)11)2(7,8)4(12,13)17(14,15)16/h14H. The van der Waals surface area contributed by atoms with Crippen LogP contribution in [-0.4, -0.2) is 31.7 Å². The zero-order chi connectivity index (χ0) is 14.5. The zero-order valence-electron chi connectivity index (χ0n) is 7.13. The van der Waals surface area contributed by atoms with Gasteiger partial charge in [-0.1, -0.05) is 0 Å². The Bertz CT molecular complexity index is 396. The highest BCUT2D eigenvalue weighted by molar-refractivity contribution is 7.89. The van der Waals surface area contributed by atoms with E-state index in [2.05, 4.69) is 0 Å². The van der Waals surface area contributed by atoms with Gasteiger partial charge in [0, 0.05) is 0 Å². The number of hydrogen-bond acceptors (Lipinski definition) is 2. The second-order valence-corrected chi connectivity index (χ2v) is 4.19. The van der Waals surface area contributed by atoms with Crippen molar-refractivity contribution in [3.8, 4) is 0 Å². The van der Waals surface area contributed by atoms with E-state index in [0.29, 0.717) is 0 Å². The van der Waals surface area contributed by atoms with Crippen molar-refractivity contribution >= 4 is 10.0 Å². The van der Waals surface area contributed by atoms with Crippen LogP contribution >= 0.6 is 0 Å². The molecule has 3 nitrogen and oxygen atoms in total. The quantitative estimate of drug-likeness (QED) is 0.748. The molecule has 1 N–H and O–H groups in total. The maximum Gasteiger partial charge on any atom is 0.460 e. The van der Waals surface area contributed by atoms with Crippen molar-refractivity contribution in [1.82, 2.24) is 5.14 Å². The molecule has 1 radical (unpaired) electrons. The summed E-state index contributed by atoms with van der Waals surface area (Å²) in [6.45, 7) is 0. The fourth-order valence-electron chi connectivity index (χ4n) is 0.530. The molecule has 0 amide bonds. The average molecular weight is 298 g/mol. The SMILES string of the molecule is [NH]S(=O)(=O)C(F)(F)C(F)(F)C(F)(F)C(F)(F)F. The molecule has 0 bridgehead atoms. The third-order valence-corrected chi connectivity index (χ3v) is 2.38. The van der Waals surface area contributed by atoms with Crippen molar-refractivity contribution in [1.29, 1.82) is 0 Å². The van der Waals surface area contributed by atoms with E-state index in [1.807, 2.05) is 0 Å². The zero-order valence-corrected chi connectivity index (χ0v) is 7.94. The first-order valence-electron chi connectivity index (χ1n) is 3.19. The topological polar surface area (TPSA) is 57.9 Å². The van der Waals surface area contributed by atoms with Crippen LogP contribution in [0.4, 0.5) is 39.5 Å². The maximum atomic E-state index is 12.3. The van der Waals surface area contributed by atoms with Gasteiger partial charge in [0.15, 0.2) is 0 Å². The molecule has 0 spiro atoms.